The van der Waals surface area contributed by atoms with Gasteiger partial charge in [0.15, 0.2) is 0 Å². The van der Waals surface area contributed by atoms with E-state index in [-0.39, 0.29) is 0 Å². The SMILES string of the molecule is C=C1Nc2cc(CN3CCN(c4ccc(C(F)(F)F)cc4)CC3)ccc2C2=C1CCCN2. The summed E-state index contributed by atoms with van der Waals surface area (Å²) in [5.41, 5.74) is 7.29. The average Bonchev–Trinajstić information content (AvgIpc) is 2.79. The van der Waals surface area contributed by atoms with Crippen LogP contribution in [0.25, 0.3) is 5.70 Å². The molecule has 0 atom stereocenters. The van der Waals surface area contributed by atoms with E-state index in [1.807, 2.05) is 0 Å². The second-order valence-electron chi connectivity index (χ2n) is 8.68. The molecular formula is C25H27F3N4. The summed E-state index contributed by atoms with van der Waals surface area (Å²) in [6.07, 6.45) is -2.11. The summed E-state index contributed by atoms with van der Waals surface area (Å²) in [6, 6.07) is 12.1. The lowest BCUT2D eigenvalue weighted by molar-refractivity contribution is -0.137. The van der Waals surface area contributed by atoms with Crippen LogP contribution in [0.3, 0.4) is 0 Å². The third-order valence-electron chi connectivity index (χ3n) is 6.55. The maximum Gasteiger partial charge on any atom is 0.416 e. The molecule has 168 valence electrons. The molecule has 1 fully saturated rings. The first-order valence-electron chi connectivity index (χ1n) is 11.1. The van der Waals surface area contributed by atoms with Crippen molar-refractivity contribution in [2.75, 3.05) is 42.9 Å². The van der Waals surface area contributed by atoms with Crippen molar-refractivity contribution in [1.29, 1.82) is 0 Å². The maximum atomic E-state index is 12.8. The molecule has 4 nitrogen and oxygen atoms in total. The zero-order chi connectivity index (χ0) is 22.3. The number of allylic oxidation sites excluding steroid dienone is 1. The van der Waals surface area contributed by atoms with E-state index < -0.39 is 11.7 Å². The van der Waals surface area contributed by atoms with Crippen molar-refractivity contribution >= 4 is 17.1 Å². The maximum absolute atomic E-state index is 12.8. The van der Waals surface area contributed by atoms with E-state index in [2.05, 4.69) is 45.2 Å². The van der Waals surface area contributed by atoms with Crippen LogP contribution in [0.1, 0.15) is 29.5 Å². The number of hydrogen-bond acceptors (Lipinski definition) is 4. The Morgan fingerprint density at radius 1 is 0.969 bits per heavy atom. The van der Waals surface area contributed by atoms with E-state index in [1.54, 1.807) is 12.1 Å². The summed E-state index contributed by atoms with van der Waals surface area (Å²) in [4.78, 5) is 4.54. The summed E-state index contributed by atoms with van der Waals surface area (Å²) in [6.45, 7) is 9.39. The molecule has 2 N–H and O–H groups in total. The Morgan fingerprint density at radius 2 is 1.72 bits per heavy atom. The minimum absolute atomic E-state index is 0.602. The quantitative estimate of drug-likeness (QED) is 0.699. The van der Waals surface area contributed by atoms with Crippen LogP contribution in [0.15, 0.2) is 60.3 Å². The van der Waals surface area contributed by atoms with Crippen molar-refractivity contribution in [3.05, 3.63) is 77.0 Å². The first kappa shape index (κ1) is 20.9. The molecule has 3 aliphatic rings. The van der Waals surface area contributed by atoms with E-state index in [0.29, 0.717) is 0 Å². The Balaban J connectivity index is 1.22. The van der Waals surface area contributed by atoms with Crippen molar-refractivity contribution in [3.63, 3.8) is 0 Å². The number of halogens is 3. The molecule has 7 heteroatoms. The zero-order valence-electron chi connectivity index (χ0n) is 17.9. The number of nitrogens with one attached hydrogen (secondary N) is 2. The van der Waals surface area contributed by atoms with Crippen molar-refractivity contribution in [2.45, 2.75) is 25.6 Å². The Kier molecular flexibility index (Phi) is 5.37. The first-order valence-corrected chi connectivity index (χ1v) is 11.1. The predicted octanol–water partition coefficient (Wildman–Crippen LogP) is 5.06. The van der Waals surface area contributed by atoms with Crippen LogP contribution in [0.5, 0.6) is 0 Å². The van der Waals surface area contributed by atoms with Gasteiger partial charge in [0.25, 0.3) is 0 Å². The molecule has 0 radical (unpaired) electrons. The highest BCUT2D eigenvalue weighted by Gasteiger charge is 2.30. The van der Waals surface area contributed by atoms with Crippen LogP contribution in [-0.2, 0) is 12.7 Å². The van der Waals surface area contributed by atoms with Crippen LogP contribution in [0.4, 0.5) is 24.5 Å². The molecule has 0 unspecified atom stereocenters. The smallest absolute Gasteiger partial charge is 0.384 e. The fourth-order valence-corrected chi connectivity index (χ4v) is 4.80. The molecule has 0 bridgehead atoms. The van der Waals surface area contributed by atoms with Gasteiger partial charge in [0.2, 0.25) is 0 Å². The van der Waals surface area contributed by atoms with Crippen LogP contribution in [0.2, 0.25) is 0 Å². The zero-order valence-corrected chi connectivity index (χ0v) is 17.9. The topological polar surface area (TPSA) is 30.5 Å². The van der Waals surface area contributed by atoms with Gasteiger partial charge in [-0.3, -0.25) is 4.90 Å². The minimum Gasteiger partial charge on any atom is -0.384 e. The lowest BCUT2D eigenvalue weighted by Gasteiger charge is -2.36. The molecule has 3 heterocycles. The van der Waals surface area contributed by atoms with E-state index in [0.717, 1.165) is 81.3 Å². The fourth-order valence-electron chi connectivity index (χ4n) is 4.80. The van der Waals surface area contributed by atoms with Gasteiger partial charge in [-0.05, 0) is 54.3 Å². The van der Waals surface area contributed by atoms with Gasteiger partial charge in [0.05, 0.1) is 5.56 Å². The van der Waals surface area contributed by atoms with Gasteiger partial charge < -0.3 is 15.5 Å². The number of fused-ring (bicyclic) bond motifs is 2. The normalized spacial score (nSPS) is 19.2. The van der Waals surface area contributed by atoms with E-state index in [1.165, 1.54) is 22.4 Å². The average molecular weight is 441 g/mol. The largest absolute Gasteiger partial charge is 0.416 e. The summed E-state index contributed by atoms with van der Waals surface area (Å²) >= 11 is 0. The molecular weight excluding hydrogens is 413 g/mol. The molecule has 1 saturated heterocycles. The molecule has 5 rings (SSSR count). The summed E-state index contributed by atoms with van der Waals surface area (Å²) in [5, 5.41) is 7.02. The van der Waals surface area contributed by atoms with Crippen LogP contribution in [-0.4, -0.2) is 37.6 Å². The van der Waals surface area contributed by atoms with Gasteiger partial charge >= 0.3 is 6.18 Å². The number of anilines is 2. The molecule has 0 spiro atoms. The Morgan fingerprint density at radius 3 is 2.44 bits per heavy atom. The van der Waals surface area contributed by atoms with E-state index in [4.69, 9.17) is 0 Å². The van der Waals surface area contributed by atoms with Gasteiger partial charge in [-0.1, -0.05) is 18.7 Å². The third kappa shape index (κ3) is 4.09. The van der Waals surface area contributed by atoms with Crippen molar-refractivity contribution in [3.8, 4) is 0 Å². The summed E-state index contributed by atoms with van der Waals surface area (Å²) < 4.78 is 38.4. The number of rotatable bonds is 3. The predicted molar refractivity (Wildman–Crippen MR) is 122 cm³/mol. The number of nitrogens with zero attached hydrogens (tertiary/aromatic N) is 2. The second-order valence-corrected chi connectivity index (χ2v) is 8.68. The van der Waals surface area contributed by atoms with Crippen LogP contribution < -0.4 is 15.5 Å². The molecule has 3 aliphatic heterocycles. The van der Waals surface area contributed by atoms with Crippen molar-refractivity contribution in [1.82, 2.24) is 10.2 Å². The summed E-state index contributed by atoms with van der Waals surface area (Å²) in [5.74, 6) is 0. The molecule has 32 heavy (non-hydrogen) atoms. The Labute approximate surface area is 186 Å². The number of hydrogen-bond donors (Lipinski definition) is 2. The minimum atomic E-state index is -4.29. The number of piperazine rings is 1. The van der Waals surface area contributed by atoms with Crippen LogP contribution in [0, 0.1) is 0 Å². The molecule has 0 saturated carbocycles. The number of benzene rings is 2. The Hall–Kier alpha value is -2.93. The molecule has 0 aliphatic carbocycles. The van der Waals surface area contributed by atoms with E-state index in [9.17, 15) is 13.2 Å². The van der Waals surface area contributed by atoms with Gasteiger partial charge in [0, 0.05) is 67.6 Å². The molecule has 2 aromatic rings. The molecule has 2 aromatic carbocycles. The standard InChI is InChI=1S/C25H27F3N4/c1-17-21-3-2-10-29-24(21)22-9-4-18(15-23(22)30-17)16-31-11-13-32(14-12-31)20-7-5-19(6-8-20)25(26,27)28/h4-9,15,29-30H,1-3,10-14,16H2. The highest BCUT2D eigenvalue weighted by molar-refractivity contribution is 5.85. The van der Waals surface area contributed by atoms with Crippen LogP contribution >= 0.6 is 0 Å². The lowest BCUT2D eigenvalue weighted by atomic mass is 9.91. The number of alkyl halides is 3. The van der Waals surface area contributed by atoms with Gasteiger partial charge in [-0.15, -0.1) is 0 Å². The van der Waals surface area contributed by atoms with Crippen molar-refractivity contribution in [2.24, 2.45) is 0 Å². The van der Waals surface area contributed by atoms with Gasteiger partial charge in [0.1, 0.15) is 0 Å². The van der Waals surface area contributed by atoms with Gasteiger partial charge in [-0.25, -0.2) is 0 Å². The third-order valence-corrected chi connectivity index (χ3v) is 6.55. The van der Waals surface area contributed by atoms with E-state index >= 15 is 0 Å². The Bertz CT molecular complexity index is 1050. The monoisotopic (exact) mass is 440 g/mol. The highest BCUT2D eigenvalue weighted by Crippen LogP contribution is 2.38. The lowest BCUT2D eigenvalue weighted by Crippen LogP contribution is -2.46. The highest BCUT2D eigenvalue weighted by atomic mass is 19.4. The fraction of sp³-hybridized carbons (Fsp3) is 0.360. The van der Waals surface area contributed by atoms with Gasteiger partial charge in [-0.2, -0.15) is 13.2 Å². The molecule has 0 amide bonds. The summed E-state index contributed by atoms with van der Waals surface area (Å²) in [7, 11) is 0. The first-order chi connectivity index (χ1) is 15.4. The van der Waals surface area contributed by atoms with Crippen molar-refractivity contribution < 1.29 is 13.2 Å². The molecule has 0 aromatic heterocycles. The second kappa shape index (κ2) is 8.20.